The van der Waals surface area contributed by atoms with E-state index < -0.39 is 0 Å². The molecule has 3 rings (SSSR count). The molecular weight excluding hydrogens is 565 g/mol. The fourth-order valence-electron chi connectivity index (χ4n) is 5.48. The molecule has 0 unspecified atom stereocenters. The van der Waals surface area contributed by atoms with E-state index in [9.17, 15) is 0 Å². The van der Waals surface area contributed by atoms with Crippen LogP contribution in [0.3, 0.4) is 0 Å². The quantitative estimate of drug-likeness (QED) is 0.0710. The van der Waals surface area contributed by atoms with Gasteiger partial charge in [-0.25, -0.2) is 0 Å². The van der Waals surface area contributed by atoms with Crippen molar-refractivity contribution in [2.75, 3.05) is 16.8 Å². The minimum absolute atomic E-state index is 0.655. The zero-order chi connectivity index (χ0) is 30.2. The smallest absolute Gasteiger partial charge is 0.232 e. The van der Waals surface area contributed by atoms with Gasteiger partial charge in [-0.2, -0.15) is 15.0 Å². The predicted octanol–water partition coefficient (Wildman–Crippen LogP) is 12.8. The number of rotatable bonds is 26. The minimum Gasteiger partial charge on any atom is -0.323 e. The van der Waals surface area contributed by atoms with Crippen molar-refractivity contribution in [3.05, 3.63) is 42.5 Å². The molecule has 0 bridgehead atoms. The average Bonchev–Trinajstić information content (AvgIpc) is 3.02. The lowest BCUT2D eigenvalue weighted by Gasteiger charge is -2.11. The third-order valence-electron chi connectivity index (χ3n) is 8.09. The summed E-state index contributed by atoms with van der Waals surface area (Å²) >= 11 is 3.57. The zero-order valence-electron chi connectivity index (χ0n) is 27.3. The molecule has 0 saturated carbocycles. The number of nitrogens with zero attached hydrogens (tertiary/aromatic N) is 3. The molecule has 0 spiro atoms. The Hall–Kier alpha value is -1.79. The molecule has 0 atom stereocenters. The molecule has 0 amide bonds. The summed E-state index contributed by atoms with van der Waals surface area (Å²) in [5.41, 5.74) is 1.04. The van der Waals surface area contributed by atoms with Gasteiger partial charge < -0.3 is 5.32 Å². The number of nitrogens with one attached hydrogen (secondary N) is 1. The molecule has 6 heteroatoms. The largest absolute Gasteiger partial charge is 0.323 e. The molecule has 1 N–H and O–H groups in total. The van der Waals surface area contributed by atoms with Crippen LogP contribution < -0.4 is 5.32 Å². The van der Waals surface area contributed by atoms with Crippen molar-refractivity contribution in [2.45, 2.75) is 153 Å². The van der Waals surface area contributed by atoms with Crippen molar-refractivity contribution in [3.63, 3.8) is 0 Å². The van der Waals surface area contributed by atoms with Crippen LogP contribution in [0.2, 0.25) is 0 Å². The Morgan fingerprint density at radius 2 is 0.930 bits per heavy atom. The maximum Gasteiger partial charge on any atom is 0.232 e. The van der Waals surface area contributed by atoms with Gasteiger partial charge in [-0.15, -0.1) is 0 Å². The number of fused-ring (bicyclic) bond motifs is 1. The molecule has 0 saturated heterocycles. The number of hydrogen-bond donors (Lipinski definition) is 1. The molecule has 4 nitrogen and oxygen atoms in total. The Morgan fingerprint density at radius 1 is 0.488 bits per heavy atom. The molecule has 0 aliphatic carbocycles. The summed E-state index contributed by atoms with van der Waals surface area (Å²) in [7, 11) is 0. The summed E-state index contributed by atoms with van der Waals surface area (Å²) in [5, 5.41) is 7.62. The second-order valence-electron chi connectivity index (χ2n) is 11.9. The molecule has 0 aliphatic heterocycles. The maximum atomic E-state index is 4.87. The number of benzene rings is 2. The van der Waals surface area contributed by atoms with Crippen molar-refractivity contribution in [1.29, 1.82) is 0 Å². The van der Waals surface area contributed by atoms with Crippen LogP contribution >= 0.6 is 23.5 Å². The SMILES string of the molecule is CCCCCCCCCCCCSc1nc(Nc2cccc3ccccc23)nc(SCCCCCCCCCCCC)n1. The van der Waals surface area contributed by atoms with Crippen LogP contribution in [-0.4, -0.2) is 26.5 Å². The second kappa shape index (κ2) is 23.6. The van der Waals surface area contributed by atoms with Gasteiger partial charge in [0.2, 0.25) is 5.95 Å². The van der Waals surface area contributed by atoms with E-state index in [1.165, 1.54) is 139 Å². The van der Waals surface area contributed by atoms with Crippen LogP contribution in [0.15, 0.2) is 52.8 Å². The van der Waals surface area contributed by atoms with Crippen molar-refractivity contribution < 1.29 is 0 Å². The van der Waals surface area contributed by atoms with E-state index in [1.807, 2.05) is 0 Å². The highest BCUT2D eigenvalue weighted by Crippen LogP contribution is 2.28. The Kier molecular flexibility index (Phi) is 19.6. The maximum absolute atomic E-state index is 4.87. The molecule has 0 radical (unpaired) electrons. The summed E-state index contributed by atoms with van der Waals surface area (Å²) in [6.07, 6.45) is 27.2. The van der Waals surface area contributed by atoms with Gasteiger partial charge in [0, 0.05) is 22.6 Å². The average molecular weight is 623 g/mol. The Labute approximate surface area is 271 Å². The first-order chi connectivity index (χ1) is 21.3. The normalized spacial score (nSPS) is 11.4. The number of unbranched alkanes of at least 4 members (excludes halogenated alkanes) is 18. The third kappa shape index (κ3) is 15.7. The van der Waals surface area contributed by atoms with Crippen molar-refractivity contribution in [1.82, 2.24) is 15.0 Å². The van der Waals surface area contributed by atoms with Gasteiger partial charge in [-0.05, 0) is 24.3 Å². The van der Waals surface area contributed by atoms with E-state index in [0.717, 1.165) is 27.5 Å². The van der Waals surface area contributed by atoms with Gasteiger partial charge in [-0.3, -0.25) is 0 Å². The van der Waals surface area contributed by atoms with Crippen LogP contribution in [0.5, 0.6) is 0 Å². The van der Waals surface area contributed by atoms with E-state index in [0.29, 0.717) is 5.95 Å². The number of aromatic nitrogens is 3. The van der Waals surface area contributed by atoms with Crippen LogP contribution in [0.4, 0.5) is 11.6 Å². The van der Waals surface area contributed by atoms with Crippen molar-refractivity contribution >= 4 is 45.9 Å². The van der Waals surface area contributed by atoms with E-state index >= 15 is 0 Å². The topological polar surface area (TPSA) is 50.7 Å². The molecule has 0 aliphatic rings. The zero-order valence-corrected chi connectivity index (χ0v) is 28.9. The molecule has 3 aromatic rings. The molecule has 1 aromatic heterocycles. The Bertz CT molecular complexity index is 1070. The first kappa shape index (κ1) is 35.7. The highest BCUT2D eigenvalue weighted by atomic mass is 32.2. The Morgan fingerprint density at radius 3 is 1.44 bits per heavy atom. The standard InChI is InChI=1S/C37H58N4S2/c1-3-5-7-9-11-13-15-17-19-23-30-42-36-39-35(38-34-29-25-27-32-26-21-22-28-33(32)34)40-37(41-36)43-31-24-20-18-16-14-12-10-8-6-4-2/h21-22,25-29H,3-20,23-24,30-31H2,1-2H3,(H,38,39,40,41). The summed E-state index contributed by atoms with van der Waals surface area (Å²) in [6.45, 7) is 4.58. The molecular formula is C37H58N4S2. The first-order valence-corrected chi connectivity index (χ1v) is 19.5. The third-order valence-corrected chi connectivity index (χ3v) is 9.96. The summed E-state index contributed by atoms with van der Waals surface area (Å²) in [4.78, 5) is 14.5. The van der Waals surface area contributed by atoms with Gasteiger partial charge in [0.1, 0.15) is 0 Å². The lowest BCUT2D eigenvalue weighted by atomic mass is 10.1. The molecule has 2 aromatic carbocycles. The van der Waals surface area contributed by atoms with Gasteiger partial charge in [0.25, 0.3) is 0 Å². The number of hydrogen-bond acceptors (Lipinski definition) is 6. The summed E-state index contributed by atoms with van der Waals surface area (Å²) in [5.74, 6) is 2.79. The van der Waals surface area contributed by atoms with E-state index in [4.69, 9.17) is 15.0 Å². The van der Waals surface area contributed by atoms with Gasteiger partial charge >= 0.3 is 0 Å². The Balaban J connectivity index is 1.45. The van der Waals surface area contributed by atoms with E-state index in [-0.39, 0.29) is 0 Å². The van der Waals surface area contributed by atoms with Crippen molar-refractivity contribution in [2.24, 2.45) is 0 Å². The molecule has 1 heterocycles. The van der Waals surface area contributed by atoms with Crippen LogP contribution in [0, 0.1) is 0 Å². The van der Waals surface area contributed by atoms with E-state index in [2.05, 4.69) is 61.6 Å². The molecule has 238 valence electrons. The monoisotopic (exact) mass is 622 g/mol. The van der Waals surface area contributed by atoms with E-state index in [1.54, 1.807) is 23.5 Å². The molecule has 43 heavy (non-hydrogen) atoms. The summed E-state index contributed by atoms with van der Waals surface area (Å²) < 4.78 is 0. The molecule has 0 fully saturated rings. The van der Waals surface area contributed by atoms with Crippen LogP contribution in [0.25, 0.3) is 10.8 Å². The number of anilines is 2. The predicted molar refractivity (Wildman–Crippen MR) is 192 cm³/mol. The van der Waals surface area contributed by atoms with Gasteiger partial charge in [0.15, 0.2) is 10.3 Å². The highest BCUT2D eigenvalue weighted by Gasteiger charge is 2.10. The fourth-order valence-corrected chi connectivity index (χ4v) is 7.21. The van der Waals surface area contributed by atoms with Crippen LogP contribution in [-0.2, 0) is 0 Å². The fraction of sp³-hybridized carbons (Fsp3) is 0.649. The lowest BCUT2D eigenvalue weighted by Crippen LogP contribution is -2.03. The highest BCUT2D eigenvalue weighted by molar-refractivity contribution is 7.99. The summed E-state index contributed by atoms with van der Waals surface area (Å²) in [6, 6.07) is 14.8. The number of thioether (sulfide) groups is 2. The lowest BCUT2D eigenvalue weighted by molar-refractivity contribution is 0.563. The van der Waals surface area contributed by atoms with Crippen LogP contribution in [0.1, 0.15) is 142 Å². The van der Waals surface area contributed by atoms with Gasteiger partial charge in [-0.1, -0.05) is 189 Å². The van der Waals surface area contributed by atoms with Crippen molar-refractivity contribution in [3.8, 4) is 0 Å². The van der Waals surface area contributed by atoms with Gasteiger partial charge in [0.05, 0.1) is 0 Å². The minimum atomic E-state index is 0.655. The second-order valence-corrected chi connectivity index (χ2v) is 14.1. The first-order valence-electron chi connectivity index (χ1n) is 17.6.